The van der Waals surface area contributed by atoms with Crippen LogP contribution < -0.4 is 4.74 Å². The molecule has 3 aromatic rings. The fourth-order valence-corrected chi connectivity index (χ4v) is 2.44. The third kappa shape index (κ3) is 3.05. The number of azo groups is 1. The molecule has 0 radical (unpaired) electrons. The van der Waals surface area contributed by atoms with Crippen LogP contribution in [0.4, 0.5) is 11.5 Å². The predicted octanol–water partition coefficient (Wildman–Crippen LogP) is 5.54. The number of nitrogens with zero attached hydrogens (tertiary/aromatic N) is 4. The van der Waals surface area contributed by atoms with Gasteiger partial charge in [-0.2, -0.15) is 0 Å². The molecule has 23 heavy (non-hydrogen) atoms. The Kier molecular flexibility index (Phi) is 4.30. The van der Waals surface area contributed by atoms with E-state index in [1.54, 1.807) is 25.3 Å². The van der Waals surface area contributed by atoms with Gasteiger partial charge in [-0.05, 0) is 30.2 Å². The van der Waals surface area contributed by atoms with E-state index >= 15 is 0 Å². The van der Waals surface area contributed by atoms with Crippen molar-refractivity contribution in [2.45, 2.75) is 19.8 Å². The molecule has 1 aromatic carbocycles. The lowest BCUT2D eigenvalue weighted by Crippen LogP contribution is -1.87. The largest absolute Gasteiger partial charge is 0.497 e. The van der Waals surface area contributed by atoms with Gasteiger partial charge in [0, 0.05) is 12.3 Å². The first-order valence-corrected chi connectivity index (χ1v) is 7.70. The highest BCUT2D eigenvalue weighted by Gasteiger charge is 2.14. The van der Waals surface area contributed by atoms with Gasteiger partial charge >= 0.3 is 0 Å². The maximum Gasteiger partial charge on any atom is 0.183 e. The van der Waals surface area contributed by atoms with E-state index in [1.165, 1.54) is 0 Å². The minimum absolute atomic E-state index is 0.240. The predicted molar refractivity (Wildman–Crippen MR) is 91.5 cm³/mol. The maximum atomic E-state index is 6.18. The van der Waals surface area contributed by atoms with Crippen LogP contribution in [0.15, 0.2) is 52.8 Å². The maximum absolute atomic E-state index is 6.18. The quantitative estimate of drug-likeness (QED) is 0.591. The van der Waals surface area contributed by atoms with E-state index in [4.69, 9.17) is 16.3 Å². The first-order chi connectivity index (χ1) is 11.1. The molecule has 0 fully saturated rings. The smallest absolute Gasteiger partial charge is 0.183 e. The van der Waals surface area contributed by atoms with Crippen LogP contribution in [-0.4, -0.2) is 16.5 Å². The van der Waals surface area contributed by atoms with Gasteiger partial charge in [0.05, 0.1) is 17.8 Å². The third-order valence-corrected chi connectivity index (χ3v) is 3.80. The number of imidazole rings is 1. The minimum Gasteiger partial charge on any atom is -0.497 e. The highest BCUT2D eigenvalue weighted by Crippen LogP contribution is 2.33. The fourth-order valence-electron chi connectivity index (χ4n) is 2.29. The molecule has 0 unspecified atom stereocenters. The number of hydrogen-bond donors (Lipinski definition) is 0. The van der Waals surface area contributed by atoms with Crippen LogP contribution in [-0.2, 0) is 0 Å². The summed E-state index contributed by atoms with van der Waals surface area (Å²) in [6.07, 6.45) is 1.93. The third-order valence-electron chi connectivity index (χ3n) is 3.48. The summed E-state index contributed by atoms with van der Waals surface area (Å²) >= 11 is 6.18. The summed E-state index contributed by atoms with van der Waals surface area (Å²) in [6, 6.07) is 11.1. The average molecular weight is 329 g/mol. The second kappa shape index (κ2) is 6.38. The van der Waals surface area contributed by atoms with Gasteiger partial charge in [0.2, 0.25) is 0 Å². The summed E-state index contributed by atoms with van der Waals surface area (Å²) in [7, 11) is 1.60. The Balaban J connectivity index is 2.09. The van der Waals surface area contributed by atoms with Gasteiger partial charge in [-0.3, -0.25) is 4.40 Å². The molecule has 0 N–H and O–H groups in total. The van der Waals surface area contributed by atoms with Crippen LogP contribution in [0.5, 0.6) is 5.75 Å². The molecule has 0 bridgehead atoms. The van der Waals surface area contributed by atoms with Crippen molar-refractivity contribution >= 4 is 28.8 Å². The zero-order valence-electron chi connectivity index (χ0n) is 13.2. The van der Waals surface area contributed by atoms with Crippen molar-refractivity contribution in [3.05, 3.63) is 53.3 Å². The highest BCUT2D eigenvalue weighted by atomic mass is 35.5. The van der Waals surface area contributed by atoms with Gasteiger partial charge < -0.3 is 4.74 Å². The van der Waals surface area contributed by atoms with Crippen LogP contribution in [0.3, 0.4) is 0 Å². The summed E-state index contributed by atoms with van der Waals surface area (Å²) in [5.41, 5.74) is 2.31. The number of fused-ring (bicyclic) bond motifs is 1. The van der Waals surface area contributed by atoms with E-state index in [9.17, 15) is 0 Å². The zero-order valence-corrected chi connectivity index (χ0v) is 13.9. The Morgan fingerprint density at radius 2 is 2.00 bits per heavy atom. The Bertz CT molecular complexity index is 870. The van der Waals surface area contributed by atoms with Crippen LogP contribution in [0.1, 0.15) is 25.5 Å². The fraction of sp³-hybridized carbons (Fsp3) is 0.235. The van der Waals surface area contributed by atoms with E-state index in [-0.39, 0.29) is 5.92 Å². The number of rotatable bonds is 4. The number of ether oxygens (including phenoxy) is 1. The molecule has 2 aromatic heterocycles. The Morgan fingerprint density at radius 3 is 2.74 bits per heavy atom. The van der Waals surface area contributed by atoms with Crippen molar-refractivity contribution in [2.24, 2.45) is 10.2 Å². The number of methoxy groups -OCH3 is 1. The van der Waals surface area contributed by atoms with Crippen LogP contribution in [0, 0.1) is 0 Å². The summed E-state index contributed by atoms with van der Waals surface area (Å²) in [6.45, 7) is 4.17. The van der Waals surface area contributed by atoms with Crippen molar-refractivity contribution in [3.63, 3.8) is 0 Å². The summed E-state index contributed by atoms with van der Waals surface area (Å²) in [4.78, 5) is 4.63. The molecule has 0 aliphatic heterocycles. The van der Waals surface area contributed by atoms with Gasteiger partial charge in [-0.1, -0.05) is 31.5 Å². The second-order valence-electron chi connectivity index (χ2n) is 5.42. The molecular weight excluding hydrogens is 312 g/mol. The van der Waals surface area contributed by atoms with Crippen LogP contribution in [0.25, 0.3) is 5.65 Å². The van der Waals surface area contributed by atoms with E-state index in [0.29, 0.717) is 16.5 Å². The van der Waals surface area contributed by atoms with Crippen molar-refractivity contribution in [3.8, 4) is 5.75 Å². The molecule has 118 valence electrons. The first-order valence-electron chi connectivity index (χ1n) is 7.32. The summed E-state index contributed by atoms with van der Waals surface area (Å²) in [5, 5.41) is 9.23. The molecular formula is C17H17ClN4O. The molecule has 5 nitrogen and oxygen atoms in total. The average Bonchev–Trinajstić information content (AvgIpc) is 2.93. The van der Waals surface area contributed by atoms with Gasteiger partial charge in [0.1, 0.15) is 17.1 Å². The lowest BCUT2D eigenvalue weighted by Gasteiger charge is -2.03. The lowest BCUT2D eigenvalue weighted by atomic mass is 10.1. The zero-order chi connectivity index (χ0) is 16.4. The van der Waals surface area contributed by atoms with Crippen LogP contribution in [0.2, 0.25) is 5.02 Å². The molecule has 0 saturated carbocycles. The number of aromatic nitrogens is 2. The van der Waals surface area contributed by atoms with Gasteiger partial charge in [-0.25, -0.2) is 4.98 Å². The lowest BCUT2D eigenvalue weighted by molar-refractivity contribution is 0.415. The second-order valence-corrected chi connectivity index (χ2v) is 5.83. The van der Waals surface area contributed by atoms with Gasteiger partial charge in [0.15, 0.2) is 5.82 Å². The molecule has 6 heteroatoms. The van der Waals surface area contributed by atoms with Crippen molar-refractivity contribution < 1.29 is 4.74 Å². The topological polar surface area (TPSA) is 51.2 Å². The van der Waals surface area contributed by atoms with Crippen molar-refractivity contribution in [1.29, 1.82) is 0 Å². The molecule has 0 amide bonds. The Morgan fingerprint density at radius 1 is 1.17 bits per heavy atom. The molecule has 3 rings (SSSR count). The molecule has 0 aliphatic carbocycles. The number of halogens is 1. The summed E-state index contributed by atoms with van der Waals surface area (Å²) < 4.78 is 7.12. The van der Waals surface area contributed by atoms with Gasteiger partial charge in [0.25, 0.3) is 0 Å². The van der Waals surface area contributed by atoms with E-state index in [0.717, 1.165) is 17.2 Å². The van der Waals surface area contributed by atoms with Gasteiger partial charge in [-0.15, -0.1) is 10.2 Å². The molecule has 0 atom stereocenters. The standard InChI is InChI=1S/C17H17ClN4O/c1-11(2)16-17(22-9-5-4-6-15(22)19-16)21-20-14-10-12(23-3)7-8-13(14)18/h4-11H,1-3H3. The Labute approximate surface area is 139 Å². The van der Waals surface area contributed by atoms with E-state index in [1.807, 2.05) is 28.8 Å². The number of hydrogen-bond acceptors (Lipinski definition) is 4. The molecule has 0 aliphatic rings. The highest BCUT2D eigenvalue weighted by molar-refractivity contribution is 6.33. The molecule has 0 spiro atoms. The number of benzene rings is 1. The number of pyridine rings is 1. The Hall–Kier alpha value is -2.40. The minimum atomic E-state index is 0.240. The van der Waals surface area contributed by atoms with E-state index in [2.05, 4.69) is 29.1 Å². The molecule has 0 saturated heterocycles. The van der Waals surface area contributed by atoms with Crippen molar-refractivity contribution in [1.82, 2.24) is 9.38 Å². The SMILES string of the molecule is COc1ccc(Cl)c(N=Nc2c(C(C)C)nc3ccccn23)c1. The monoisotopic (exact) mass is 328 g/mol. The summed E-state index contributed by atoms with van der Waals surface area (Å²) in [5.74, 6) is 1.64. The normalized spacial score (nSPS) is 11.7. The van der Waals surface area contributed by atoms with E-state index < -0.39 is 0 Å². The van der Waals surface area contributed by atoms with Crippen molar-refractivity contribution in [2.75, 3.05) is 7.11 Å². The molecule has 2 heterocycles. The first kappa shape index (κ1) is 15.5. The van der Waals surface area contributed by atoms with Crippen LogP contribution >= 0.6 is 11.6 Å².